The van der Waals surface area contributed by atoms with E-state index in [-0.39, 0.29) is 6.04 Å². The van der Waals surface area contributed by atoms with Crippen molar-refractivity contribution in [2.75, 3.05) is 11.4 Å². The normalized spacial score (nSPS) is 19.8. The molecule has 1 aliphatic rings. The Morgan fingerprint density at radius 2 is 2.26 bits per heavy atom. The highest BCUT2D eigenvalue weighted by atomic mass is 16.4. The molecule has 0 aromatic carbocycles. The van der Waals surface area contributed by atoms with Gasteiger partial charge in [0.25, 0.3) is 0 Å². The summed E-state index contributed by atoms with van der Waals surface area (Å²) < 4.78 is 5.31. The lowest BCUT2D eigenvalue weighted by molar-refractivity contribution is 0.129. The van der Waals surface area contributed by atoms with Gasteiger partial charge in [-0.1, -0.05) is 12.8 Å². The first-order valence-corrected chi connectivity index (χ1v) is 7.98. The molecule has 6 heteroatoms. The average Bonchev–Trinajstić information content (AvgIpc) is 3.03. The van der Waals surface area contributed by atoms with Crippen molar-refractivity contribution in [2.45, 2.75) is 44.2 Å². The summed E-state index contributed by atoms with van der Waals surface area (Å²) in [5, 5.41) is 19.3. The quantitative estimate of drug-likeness (QED) is 0.934. The minimum atomic E-state index is -0.623. The number of furan rings is 1. The molecule has 2 aromatic rings. The Hall–Kier alpha value is -2.39. The van der Waals surface area contributed by atoms with E-state index in [4.69, 9.17) is 9.68 Å². The highest BCUT2D eigenvalue weighted by Gasteiger charge is 2.26. The second-order valence-corrected chi connectivity index (χ2v) is 5.84. The van der Waals surface area contributed by atoms with Crippen molar-refractivity contribution >= 4 is 5.82 Å². The Morgan fingerprint density at radius 3 is 2.96 bits per heavy atom. The second-order valence-electron chi connectivity index (χ2n) is 5.84. The van der Waals surface area contributed by atoms with Crippen LogP contribution in [0.3, 0.4) is 0 Å². The summed E-state index contributed by atoms with van der Waals surface area (Å²) in [5.74, 6) is 1.36. The zero-order valence-electron chi connectivity index (χ0n) is 12.9. The van der Waals surface area contributed by atoms with Gasteiger partial charge in [0.15, 0.2) is 5.69 Å². The third-order valence-electron chi connectivity index (χ3n) is 4.29. The molecule has 1 saturated heterocycles. The molecule has 0 spiro atoms. The molecule has 2 aromatic heterocycles. The van der Waals surface area contributed by atoms with Gasteiger partial charge in [0.05, 0.1) is 18.7 Å². The van der Waals surface area contributed by atoms with Crippen molar-refractivity contribution in [3.8, 4) is 6.07 Å². The van der Waals surface area contributed by atoms with Crippen molar-refractivity contribution in [1.29, 1.82) is 5.26 Å². The fourth-order valence-electron chi connectivity index (χ4n) is 3.11. The first-order valence-electron chi connectivity index (χ1n) is 7.98. The molecule has 0 radical (unpaired) electrons. The van der Waals surface area contributed by atoms with Crippen molar-refractivity contribution in [1.82, 2.24) is 9.97 Å². The molecule has 0 bridgehead atoms. The SMILES string of the molecule is N#Cc1cnc(N2CCCCC[C@H]2C[C@@H](O)c2ccco2)cn1. The Balaban J connectivity index is 1.78. The lowest BCUT2D eigenvalue weighted by Gasteiger charge is -2.32. The van der Waals surface area contributed by atoms with E-state index in [0.29, 0.717) is 17.9 Å². The van der Waals surface area contributed by atoms with Crippen LogP contribution in [0.5, 0.6) is 0 Å². The number of nitrogens with zero attached hydrogens (tertiary/aromatic N) is 4. The zero-order chi connectivity index (χ0) is 16.1. The number of anilines is 1. The molecule has 6 nitrogen and oxygen atoms in total. The van der Waals surface area contributed by atoms with E-state index in [9.17, 15) is 5.11 Å². The second kappa shape index (κ2) is 7.25. The van der Waals surface area contributed by atoms with Crippen LogP contribution in [-0.4, -0.2) is 27.7 Å². The van der Waals surface area contributed by atoms with Crippen LogP contribution in [0.15, 0.2) is 35.2 Å². The number of aliphatic hydroxyl groups is 1. The van der Waals surface area contributed by atoms with Gasteiger partial charge in [-0.2, -0.15) is 5.26 Å². The first-order chi connectivity index (χ1) is 11.3. The predicted octanol–water partition coefficient (Wildman–Crippen LogP) is 2.81. The summed E-state index contributed by atoms with van der Waals surface area (Å²) in [4.78, 5) is 10.7. The average molecular weight is 312 g/mol. The molecule has 1 fully saturated rings. The zero-order valence-corrected chi connectivity index (χ0v) is 12.9. The van der Waals surface area contributed by atoms with Crippen molar-refractivity contribution in [3.05, 3.63) is 42.2 Å². The van der Waals surface area contributed by atoms with E-state index in [0.717, 1.165) is 31.6 Å². The van der Waals surface area contributed by atoms with Crippen molar-refractivity contribution in [3.63, 3.8) is 0 Å². The van der Waals surface area contributed by atoms with Crippen LogP contribution < -0.4 is 4.90 Å². The molecule has 120 valence electrons. The number of hydrogen-bond donors (Lipinski definition) is 1. The van der Waals surface area contributed by atoms with Gasteiger partial charge in [-0.15, -0.1) is 0 Å². The molecule has 1 aliphatic heterocycles. The first kappa shape index (κ1) is 15.5. The third kappa shape index (κ3) is 3.69. The molecule has 3 rings (SSSR count). The summed E-state index contributed by atoms with van der Waals surface area (Å²) in [7, 11) is 0. The van der Waals surface area contributed by atoms with E-state index in [1.54, 1.807) is 24.6 Å². The van der Waals surface area contributed by atoms with Gasteiger partial charge in [-0.3, -0.25) is 0 Å². The van der Waals surface area contributed by atoms with Crippen LogP contribution in [0.4, 0.5) is 5.82 Å². The monoisotopic (exact) mass is 312 g/mol. The minimum Gasteiger partial charge on any atom is -0.467 e. The van der Waals surface area contributed by atoms with Crippen LogP contribution in [0.1, 0.15) is 49.7 Å². The molecule has 0 saturated carbocycles. The number of aliphatic hydroxyl groups excluding tert-OH is 1. The van der Waals surface area contributed by atoms with E-state index in [2.05, 4.69) is 14.9 Å². The molecule has 0 amide bonds. The molecule has 3 heterocycles. The van der Waals surface area contributed by atoms with Crippen LogP contribution in [-0.2, 0) is 0 Å². The minimum absolute atomic E-state index is 0.180. The van der Waals surface area contributed by atoms with Crippen molar-refractivity contribution in [2.24, 2.45) is 0 Å². The number of aromatic nitrogens is 2. The highest BCUT2D eigenvalue weighted by molar-refractivity contribution is 5.39. The predicted molar refractivity (Wildman–Crippen MR) is 84.6 cm³/mol. The van der Waals surface area contributed by atoms with Gasteiger partial charge >= 0.3 is 0 Å². The summed E-state index contributed by atoms with van der Waals surface area (Å²) in [5.41, 5.74) is 0.316. The molecule has 0 aliphatic carbocycles. The Bertz CT molecular complexity index is 648. The van der Waals surface area contributed by atoms with Gasteiger partial charge in [-0.05, 0) is 25.0 Å². The topological polar surface area (TPSA) is 86.2 Å². The maximum Gasteiger partial charge on any atom is 0.158 e. The Kier molecular flexibility index (Phi) is 4.89. The van der Waals surface area contributed by atoms with Gasteiger partial charge < -0.3 is 14.4 Å². The van der Waals surface area contributed by atoms with Crippen LogP contribution in [0, 0.1) is 11.3 Å². The molecule has 23 heavy (non-hydrogen) atoms. The van der Waals surface area contributed by atoms with Gasteiger partial charge in [-0.25, -0.2) is 9.97 Å². The smallest absolute Gasteiger partial charge is 0.158 e. The molecule has 2 atom stereocenters. The maximum atomic E-state index is 10.4. The lowest BCUT2D eigenvalue weighted by atomic mass is 10.0. The van der Waals surface area contributed by atoms with E-state index < -0.39 is 6.10 Å². The fraction of sp³-hybridized carbons (Fsp3) is 0.471. The molecular weight excluding hydrogens is 292 g/mol. The Morgan fingerprint density at radius 1 is 1.35 bits per heavy atom. The number of nitriles is 1. The van der Waals surface area contributed by atoms with Gasteiger partial charge in [0, 0.05) is 19.0 Å². The van der Waals surface area contributed by atoms with Gasteiger partial charge in [0.1, 0.15) is 23.8 Å². The maximum absolute atomic E-state index is 10.4. The molecule has 0 unspecified atom stereocenters. The van der Waals surface area contributed by atoms with Crippen LogP contribution in [0.25, 0.3) is 0 Å². The summed E-state index contributed by atoms with van der Waals surface area (Å²) >= 11 is 0. The van der Waals surface area contributed by atoms with E-state index in [1.807, 2.05) is 6.07 Å². The molecular formula is C17H20N4O2. The van der Waals surface area contributed by atoms with Crippen molar-refractivity contribution < 1.29 is 9.52 Å². The summed E-state index contributed by atoms with van der Waals surface area (Å²) in [6, 6.07) is 5.75. The summed E-state index contributed by atoms with van der Waals surface area (Å²) in [6.07, 6.45) is 9.10. The molecule has 1 N–H and O–H groups in total. The largest absolute Gasteiger partial charge is 0.467 e. The summed E-state index contributed by atoms with van der Waals surface area (Å²) in [6.45, 7) is 0.885. The van der Waals surface area contributed by atoms with Gasteiger partial charge in [0.2, 0.25) is 0 Å². The van der Waals surface area contributed by atoms with E-state index >= 15 is 0 Å². The number of rotatable bonds is 4. The third-order valence-corrected chi connectivity index (χ3v) is 4.29. The van der Waals surface area contributed by atoms with Crippen LogP contribution in [0.2, 0.25) is 0 Å². The fourth-order valence-corrected chi connectivity index (χ4v) is 3.11. The number of hydrogen-bond acceptors (Lipinski definition) is 6. The Labute approximate surface area is 135 Å². The van der Waals surface area contributed by atoms with E-state index in [1.165, 1.54) is 12.6 Å². The van der Waals surface area contributed by atoms with Crippen LogP contribution >= 0.6 is 0 Å². The highest BCUT2D eigenvalue weighted by Crippen LogP contribution is 2.29. The standard InChI is InChI=1S/C17H20N4O2/c18-10-13-11-20-17(12-19-13)21-7-3-1-2-5-14(21)9-15(22)16-6-4-8-23-16/h4,6,8,11-12,14-15,22H,1-3,5,7,9H2/t14-,15+/m0/s1. The lowest BCUT2D eigenvalue weighted by Crippen LogP contribution is -2.36.